The van der Waals surface area contributed by atoms with E-state index in [0.29, 0.717) is 11.3 Å². The molecule has 17 heavy (non-hydrogen) atoms. The topological polar surface area (TPSA) is 12.0 Å². The molecule has 2 atom stereocenters. The van der Waals surface area contributed by atoms with Gasteiger partial charge in [0.25, 0.3) is 0 Å². The van der Waals surface area contributed by atoms with Gasteiger partial charge in [0, 0.05) is 16.2 Å². The predicted octanol–water partition coefficient (Wildman–Crippen LogP) is 3.84. The molecule has 0 heterocycles. The lowest BCUT2D eigenvalue weighted by atomic mass is 10.1. The third-order valence-corrected chi connectivity index (χ3v) is 4.80. The van der Waals surface area contributed by atoms with Crippen LogP contribution in [0.5, 0.6) is 0 Å². The summed E-state index contributed by atoms with van der Waals surface area (Å²) in [5.74, 6) is -0.135. The van der Waals surface area contributed by atoms with Crippen molar-refractivity contribution in [1.82, 2.24) is 5.32 Å². The Hall–Kier alpha value is -0.540. The summed E-state index contributed by atoms with van der Waals surface area (Å²) < 4.78 is 13.2. The summed E-state index contributed by atoms with van der Waals surface area (Å²) in [5.41, 5.74) is 0. The SMILES string of the molecule is CNC1CCCCCC1Sc1cccc(F)c1. The molecule has 2 unspecified atom stereocenters. The number of hydrogen-bond acceptors (Lipinski definition) is 2. The number of nitrogens with one attached hydrogen (secondary N) is 1. The van der Waals surface area contributed by atoms with Gasteiger partial charge in [-0.05, 0) is 38.1 Å². The predicted molar refractivity (Wildman–Crippen MR) is 72.0 cm³/mol. The largest absolute Gasteiger partial charge is 0.316 e. The number of hydrogen-bond donors (Lipinski definition) is 1. The van der Waals surface area contributed by atoms with Crippen molar-refractivity contribution in [1.29, 1.82) is 0 Å². The second-order valence-electron chi connectivity index (χ2n) is 4.65. The van der Waals surface area contributed by atoms with E-state index in [1.165, 1.54) is 38.2 Å². The Morgan fingerprint density at radius 3 is 2.82 bits per heavy atom. The van der Waals surface area contributed by atoms with Crippen molar-refractivity contribution in [2.45, 2.75) is 48.3 Å². The van der Waals surface area contributed by atoms with E-state index >= 15 is 0 Å². The fourth-order valence-corrected chi connectivity index (χ4v) is 3.87. The molecule has 3 heteroatoms. The molecule has 1 N–H and O–H groups in total. The Bertz CT molecular complexity index is 356. The molecule has 1 aromatic carbocycles. The van der Waals surface area contributed by atoms with E-state index in [1.807, 2.05) is 24.9 Å². The quantitative estimate of drug-likeness (QED) is 0.821. The molecule has 1 saturated carbocycles. The monoisotopic (exact) mass is 253 g/mol. The van der Waals surface area contributed by atoms with E-state index in [2.05, 4.69) is 5.32 Å². The molecule has 0 aliphatic heterocycles. The van der Waals surface area contributed by atoms with Crippen LogP contribution in [0.15, 0.2) is 29.2 Å². The molecule has 0 saturated heterocycles. The second kappa shape index (κ2) is 6.41. The summed E-state index contributed by atoms with van der Waals surface area (Å²) in [6, 6.07) is 7.51. The average Bonchev–Trinajstić information content (AvgIpc) is 2.54. The molecule has 0 amide bonds. The van der Waals surface area contributed by atoms with Crippen LogP contribution in [0, 0.1) is 5.82 Å². The van der Waals surface area contributed by atoms with Gasteiger partial charge < -0.3 is 5.32 Å². The first-order valence-corrected chi connectivity index (χ1v) is 7.27. The van der Waals surface area contributed by atoms with Gasteiger partial charge in [-0.15, -0.1) is 11.8 Å². The highest BCUT2D eigenvalue weighted by Gasteiger charge is 2.23. The highest BCUT2D eigenvalue weighted by Crippen LogP contribution is 2.33. The van der Waals surface area contributed by atoms with Crippen LogP contribution in [0.4, 0.5) is 4.39 Å². The lowest BCUT2D eigenvalue weighted by Crippen LogP contribution is -2.34. The third kappa shape index (κ3) is 3.71. The van der Waals surface area contributed by atoms with E-state index < -0.39 is 0 Å². The Balaban J connectivity index is 2.04. The lowest BCUT2D eigenvalue weighted by molar-refractivity contribution is 0.510. The van der Waals surface area contributed by atoms with Crippen molar-refractivity contribution in [3.8, 4) is 0 Å². The van der Waals surface area contributed by atoms with Gasteiger partial charge in [-0.2, -0.15) is 0 Å². The van der Waals surface area contributed by atoms with Gasteiger partial charge in [0.2, 0.25) is 0 Å². The zero-order valence-corrected chi connectivity index (χ0v) is 11.1. The Labute approximate surface area is 107 Å². The highest BCUT2D eigenvalue weighted by atomic mass is 32.2. The first-order chi connectivity index (χ1) is 8.29. The van der Waals surface area contributed by atoms with Crippen LogP contribution < -0.4 is 5.32 Å². The van der Waals surface area contributed by atoms with Crippen molar-refractivity contribution < 1.29 is 4.39 Å². The van der Waals surface area contributed by atoms with Crippen LogP contribution in [0.25, 0.3) is 0 Å². The van der Waals surface area contributed by atoms with Crippen molar-refractivity contribution >= 4 is 11.8 Å². The molecule has 0 spiro atoms. The van der Waals surface area contributed by atoms with E-state index in [9.17, 15) is 4.39 Å². The summed E-state index contributed by atoms with van der Waals surface area (Å²) in [5, 5.41) is 3.99. The molecule has 94 valence electrons. The van der Waals surface area contributed by atoms with Crippen LogP contribution in [0.2, 0.25) is 0 Å². The van der Waals surface area contributed by atoms with E-state index in [0.717, 1.165) is 4.90 Å². The maximum Gasteiger partial charge on any atom is 0.124 e. The van der Waals surface area contributed by atoms with Gasteiger partial charge in [-0.3, -0.25) is 0 Å². The number of benzene rings is 1. The van der Waals surface area contributed by atoms with Crippen molar-refractivity contribution in [3.05, 3.63) is 30.1 Å². The zero-order chi connectivity index (χ0) is 12.1. The molecule has 2 rings (SSSR count). The minimum absolute atomic E-state index is 0.135. The number of thioether (sulfide) groups is 1. The maximum atomic E-state index is 13.2. The van der Waals surface area contributed by atoms with Gasteiger partial charge in [-0.25, -0.2) is 4.39 Å². The van der Waals surface area contributed by atoms with Gasteiger partial charge in [0.1, 0.15) is 5.82 Å². The van der Waals surface area contributed by atoms with Crippen LogP contribution >= 0.6 is 11.8 Å². The standard InChI is InChI=1S/C14H20FNS/c1-16-13-8-3-2-4-9-14(13)17-12-7-5-6-11(15)10-12/h5-7,10,13-14,16H,2-4,8-9H2,1H3. The van der Waals surface area contributed by atoms with Gasteiger partial charge >= 0.3 is 0 Å². The summed E-state index contributed by atoms with van der Waals surface area (Å²) in [7, 11) is 2.04. The van der Waals surface area contributed by atoms with Crippen molar-refractivity contribution in [2.24, 2.45) is 0 Å². The van der Waals surface area contributed by atoms with Gasteiger partial charge in [-0.1, -0.05) is 25.3 Å². The smallest absolute Gasteiger partial charge is 0.124 e. The summed E-state index contributed by atoms with van der Waals surface area (Å²) in [4.78, 5) is 1.05. The minimum Gasteiger partial charge on any atom is -0.316 e. The molecule has 1 aliphatic rings. The molecule has 0 aromatic heterocycles. The molecular formula is C14H20FNS. The molecule has 1 fully saturated rings. The second-order valence-corrected chi connectivity index (χ2v) is 5.96. The van der Waals surface area contributed by atoms with Crippen molar-refractivity contribution in [3.63, 3.8) is 0 Å². The fourth-order valence-electron chi connectivity index (χ4n) is 2.46. The van der Waals surface area contributed by atoms with Crippen LogP contribution in [0.3, 0.4) is 0 Å². The van der Waals surface area contributed by atoms with Crippen molar-refractivity contribution in [2.75, 3.05) is 7.05 Å². The third-order valence-electron chi connectivity index (χ3n) is 3.41. The number of halogens is 1. The van der Waals surface area contributed by atoms with Crippen LogP contribution in [-0.4, -0.2) is 18.3 Å². The van der Waals surface area contributed by atoms with Crippen LogP contribution in [-0.2, 0) is 0 Å². The number of rotatable bonds is 3. The summed E-state index contributed by atoms with van der Waals surface area (Å²) >= 11 is 1.82. The first-order valence-electron chi connectivity index (χ1n) is 6.39. The van der Waals surface area contributed by atoms with Gasteiger partial charge in [0.05, 0.1) is 0 Å². The van der Waals surface area contributed by atoms with E-state index in [-0.39, 0.29) is 5.82 Å². The fraction of sp³-hybridized carbons (Fsp3) is 0.571. The molecule has 1 nitrogen and oxygen atoms in total. The van der Waals surface area contributed by atoms with E-state index in [4.69, 9.17) is 0 Å². The minimum atomic E-state index is -0.135. The highest BCUT2D eigenvalue weighted by molar-refractivity contribution is 8.00. The maximum absolute atomic E-state index is 13.2. The summed E-state index contributed by atoms with van der Waals surface area (Å²) in [6.45, 7) is 0. The van der Waals surface area contributed by atoms with Gasteiger partial charge in [0.15, 0.2) is 0 Å². The molecular weight excluding hydrogens is 233 g/mol. The summed E-state index contributed by atoms with van der Waals surface area (Å²) in [6.07, 6.45) is 6.41. The normalized spacial score (nSPS) is 25.5. The molecule has 1 aliphatic carbocycles. The molecule has 1 aromatic rings. The Kier molecular flexibility index (Phi) is 4.86. The first kappa shape index (κ1) is 12.9. The Morgan fingerprint density at radius 1 is 1.24 bits per heavy atom. The molecule has 0 bridgehead atoms. The van der Waals surface area contributed by atoms with Crippen LogP contribution in [0.1, 0.15) is 32.1 Å². The average molecular weight is 253 g/mol. The lowest BCUT2D eigenvalue weighted by Gasteiger charge is -2.24. The molecule has 0 radical (unpaired) electrons. The zero-order valence-electron chi connectivity index (χ0n) is 10.3. The Morgan fingerprint density at radius 2 is 2.06 bits per heavy atom. The van der Waals surface area contributed by atoms with E-state index in [1.54, 1.807) is 12.1 Å².